The van der Waals surface area contributed by atoms with E-state index in [-0.39, 0.29) is 24.3 Å². The van der Waals surface area contributed by atoms with Crippen LogP contribution < -0.4 is 0 Å². The third-order valence-corrected chi connectivity index (χ3v) is 5.08. The summed E-state index contributed by atoms with van der Waals surface area (Å²) in [6.45, 7) is 7.10. The summed E-state index contributed by atoms with van der Waals surface area (Å²) in [6.07, 6.45) is 4.57. The number of halogens is 1. The highest BCUT2D eigenvalue weighted by molar-refractivity contribution is 5.95. The molecule has 0 bridgehead atoms. The number of amides is 1. The second-order valence-corrected chi connectivity index (χ2v) is 6.95. The Kier molecular flexibility index (Phi) is 6.24. The molecule has 0 aliphatic heterocycles. The van der Waals surface area contributed by atoms with E-state index >= 15 is 0 Å². The first-order chi connectivity index (χ1) is 13.5. The van der Waals surface area contributed by atoms with Crippen molar-refractivity contribution in [3.63, 3.8) is 0 Å². The Labute approximate surface area is 165 Å². The van der Waals surface area contributed by atoms with Crippen LogP contribution >= 0.6 is 0 Å². The number of aromatic nitrogens is 2. The van der Waals surface area contributed by atoms with E-state index in [9.17, 15) is 9.18 Å². The van der Waals surface area contributed by atoms with Gasteiger partial charge in [-0.25, -0.2) is 4.39 Å². The van der Waals surface area contributed by atoms with E-state index in [4.69, 9.17) is 0 Å². The van der Waals surface area contributed by atoms with Gasteiger partial charge in [0.15, 0.2) is 0 Å². The van der Waals surface area contributed by atoms with Gasteiger partial charge in [-0.15, -0.1) is 0 Å². The zero-order valence-corrected chi connectivity index (χ0v) is 16.6. The van der Waals surface area contributed by atoms with Gasteiger partial charge in [0.25, 0.3) is 5.91 Å². The normalized spacial score (nSPS) is 12.0. The predicted molar refractivity (Wildman–Crippen MR) is 109 cm³/mol. The van der Waals surface area contributed by atoms with Crippen molar-refractivity contribution in [1.82, 2.24) is 14.7 Å². The molecule has 3 aromatic rings. The first kappa shape index (κ1) is 19.8. The van der Waals surface area contributed by atoms with Crippen LogP contribution in [0.15, 0.2) is 60.9 Å². The average molecular weight is 379 g/mol. The summed E-state index contributed by atoms with van der Waals surface area (Å²) in [7, 11) is 0. The van der Waals surface area contributed by atoms with Gasteiger partial charge in [0, 0.05) is 42.0 Å². The van der Waals surface area contributed by atoms with Crippen LogP contribution in [0.25, 0.3) is 11.1 Å². The molecule has 1 heterocycles. The Morgan fingerprint density at radius 1 is 1.14 bits per heavy atom. The Morgan fingerprint density at radius 3 is 2.61 bits per heavy atom. The van der Waals surface area contributed by atoms with Gasteiger partial charge in [-0.05, 0) is 44.0 Å². The smallest absolute Gasteiger partial charge is 0.254 e. The number of carbonyl (C=O) groups is 1. The van der Waals surface area contributed by atoms with E-state index < -0.39 is 0 Å². The van der Waals surface area contributed by atoms with E-state index in [1.807, 2.05) is 55.9 Å². The molecule has 146 valence electrons. The van der Waals surface area contributed by atoms with Crippen LogP contribution in [-0.2, 0) is 13.1 Å². The van der Waals surface area contributed by atoms with Crippen molar-refractivity contribution in [1.29, 1.82) is 0 Å². The third kappa shape index (κ3) is 4.30. The largest absolute Gasteiger partial charge is 0.332 e. The van der Waals surface area contributed by atoms with Crippen molar-refractivity contribution in [3.05, 3.63) is 77.9 Å². The molecule has 1 aromatic heterocycles. The molecule has 0 aliphatic carbocycles. The maximum atomic E-state index is 14.2. The lowest BCUT2D eigenvalue weighted by atomic mass is 10.0. The number of nitrogens with zero attached hydrogens (tertiary/aromatic N) is 3. The third-order valence-electron chi connectivity index (χ3n) is 5.08. The summed E-state index contributed by atoms with van der Waals surface area (Å²) >= 11 is 0. The highest BCUT2D eigenvalue weighted by Gasteiger charge is 2.22. The Morgan fingerprint density at radius 2 is 1.93 bits per heavy atom. The molecular formula is C23H26FN3O. The molecule has 0 saturated carbocycles. The lowest BCUT2D eigenvalue weighted by molar-refractivity contribution is 0.0669. The molecule has 2 aromatic carbocycles. The van der Waals surface area contributed by atoms with Gasteiger partial charge in [0.1, 0.15) is 5.82 Å². The van der Waals surface area contributed by atoms with Gasteiger partial charge in [-0.3, -0.25) is 9.48 Å². The number of carbonyl (C=O) groups excluding carboxylic acids is 1. The van der Waals surface area contributed by atoms with E-state index in [1.54, 1.807) is 29.3 Å². The molecule has 5 heteroatoms. The Hall–Kier alpha value is -2.95. The van der Waals surface area contributed by atoms with Gasteiger partial charge in [0.05, 0.1) is 6.20 Å². The highest BCUT2D eigenvalue weighted by Crippen LogP contribution is 2.23. The Balaban J connectivity index is 1.90. The van der Waals surface area contributed by atoms with Crippen molar-refractivity contribution in [3.8, 4) is 11.1 Å². The monoisotopic (exact) mass is 379 g/mol. The molecule has 0 unspecified atom stereocenters. The molecule has 0 spiro atoms. The predicted octanol–water partition coefficient (Wildman–Crippen LogP) is 5.15. The van der Waals surface area contributed by atoms with Gasteiger partial charge in [-0.1, -0.05) is 37.3 Å². The van der Waals surface area contributed by atoms with Crippen molar-refractivity contribution < 1.29 is 9.18 Å². The summed E-state index contributed by atoms with van der Waals surface area (Å²) in [6, 6.07) is 14.2. The van der Waals surface area contributed by atoms with Crippen LogP contribution in [0.5, 0.6) is 0 Å². The van der Waals surface area contributed by atoms with Gasteiger partial charge >= 0.3 is 0 Å². The van der Waals surface area contributed by atoms with Gasteiger partial charge in [0.2, 0.25) is 0 Å². The SMILES string of the molecule is CC[C@@H](C)N(Cc1ccccc1F)C(=O)c1cccc(-c2cnn(CC)c2)c1. The molecule has 0 N–H and O–H groups in total. The fraction of sp³-hybridized carbons (Fsp3) is 0.304. The van der Waals surface area contributed by atoms with E-state index in [2.05, 4.69) is 5.10 Å². The topological polar surface area (TPSA) is 38.1 Å². The first-order valence-electron chi connectivity index (χ1n) is 9.70. The fourth-order valence-corrected chi connectivity index (χ4v) is 3.14. The molecule has 0 aliphatic rings. The second kappa shape index (κ2) is 8.83. The number of benzene rings is 2. The molecule has 0 fully saturated rings. The molecule has 1 amide bonds. The minimum absolute atomic E-state index is 0.00129. The highest BCUT2D eigenvalue weighted by atomic mass is 19.1. The van der Waals surface area contributed by atoms with Gasteiger partial charge in [-0.2, -0.15) is 5.10 Å². The zero-order valence-electron chi connectivity index (χ0n) is 16.6. The summed E-state index contributed by atoms with van der Waals surface area (Å²) in [5.41, 5.74) is 3.04. The summed E-state index contributed by atoms with van der Waals surface area (Å²) in [4.78, 5) is 15.0. The quantitative estimate of drug-likeness (QED) is 0.569. The standard InChI is InChI=1S/C23H26FN3O/c1-4-17(3)27(16-20-9-6-7-12-22(20)24)23(28)19-11-8-10-18(13-19)21-14-25-26(5-2)15-21/h6-15,17H,4-5,16H2,1-3H3/t17-/m1/s1. The molecule has 0 radical (unpaired) electrons. The lowest BCUT2D eigenvalue weighted by Gasteiger charge is -2.29. The van der Waals surface area contributed by atoms with Crippen LogP contribution in [-0.4, -0.2) is 26.6 Å². The second-order valence-electron chi connectivity index (χ2n) is 6.95. The number of hydrogen-bond acceptors (Lipinski definition) is 2. The maximum absolute atomic E-state index is 14.2. The van der Waals surface area contributed by atoms with Crippen LogP contribution in [0.4, 0.5) is 4.39 Å². The van der Waals surface area contributed by atoms with Crippen LogP contribution in [0.3, 0.4) is 0 Å². The van der Waals surface area contributed by atoms with Crippen LogP contribution in [0.1, 0.15) is 43.1 Å². The average Bonchev–Trinajstić information content (AvgIpc) is 3.21. The van der Waals surface area contributed by atoms with E-state index in [1.165, 1.54) is 6.07 Å². The molecule has 3 rings (SSSR count). The number of rotatable bonds is 7. The summed E-state index contributed by atoms with van der Waals surface area (Å²) in [5, 5.41) is 4.31. The molecule has 4 nitrogen and oxygen atoms in total. The minimum atomic E-state index is -0.288. The van der Waals surface area contributed by atoms with Crippen LogP contribution in [0.2, 0.25) is 0 Å². The number of aryl methyl sites for hydroxylation is 1. The van der Waals surface area contributed by atoms with Crippen molar-refractivity contribution >= 4 is 5.91 Å². The zero-order chi connectivity index (χ0) is 20.1. The van der Waals surface area contributed by atoms with Gasteiger partial charge < -0.3 is 4.90 Å². The van der Waals surface area contributed by atoms with Crippen molar-refractivity contribution in [2.45, 2.75) is 46.3 Å². The van der Waals surface area contributed by atoms with Crippen molar-refractivity contribution in [2.24, 2.45) is 0 Å². The summed E-state index contributed by atoms with van der Waals surface area (Å²) < 4.78 is 16.0. The van der Waals surface area contributed by atoms with Crippen LogP contribution in [0, 0.1) is 5.82 Å². The lowest BCUT2D eigenvalue weighted by Crippen LogP contribution is -2.38. The van der Waals surface area contributed by atoms with Crippen molar-refractivity contribution in [2.75, 3.05) is 0 Å². The molecule has 28 heavy (non-hydrogen) atoms. The Bertz CT molecular complexity index is 950. The van der Waals surface area contributed by atoms with E-state index in [0.717, 1.165) is 24.1 Å². The molecule has 1 atom stereocenters. The minimum Gasteiger partial charge on any atom is -0.332 e. The fourth-order valence-electron chi connectivity index (χ4n) is 3.14. The number of hydrogen-bond donors (Lipinski definition) is 0. The summed E-state index contributed by atoms with van der Waals surface area (Å²) in [5.74, 6) is -0.383. The first-order valence-corrected chi connectivity index (χ1v) is 9.70. The maximum Gasteiger partial charge on any atom is 0.254 e. The molecule has 0 saturated heterocycles. The van der Waals surface area contributed by atoms with E-state index in [0.29, 0.717) is 11.1 Å². The molecular weight excluding hydrogens is 353 g/mol.